The van der Waals surface area contributed by atoms with Crippen LogP contribution in [0.15, 0.2) is 24.3 Å². The molecule has 1 aliphatic rings. The van der Waals surface area contributed by atoms with Crippen LogP contribution in [-0.4, -0.2) is 36.7 Å². The zero-order valence-electron chi connectivity index (χ0n) is 12.6. The number of benzene rings is 1. The Balaban J connectivity index is 1.83. The van der Waals surface area contributed by atoms with E-state index >= 15 is 0 Å². The van der Waals surface area contributed by atoms with E-state index in [0.29, 0.717) is 31.3 Å². The monoisotopic (exact) mass is 294 g/mol. The Kier molecular flexibility index (Phi) is 5.56. The van der Waals surface area contributed by atoms with Crippen molar-refractivity contribution in [1.82, 2.24) is 10.2 Å². The highest BCUT2D eigenvalue weighted by Crippen LogP contribution is 2.20. The summed E-state index contributed by atoms with van der Waals surface area (Å²) in [6.45, 7) is 5.54. The van der Waals surface area contributed by atoms with E-state index in [1.807, 2.05) is 19.9 Å². The largest absolute Gasteiger partial charge is 0.450 e. The first-order valence-electron chi connectivity index (χ1n) is 7.54. The van der Waals surface area contributed by atoms with Gasteiger partial charge in [-0.15, -0.1) is 0 Å². The van der Waals surface area contributed by atoms with Gasteiger partial charge in [0, 0.05) is 30.7 Å². The van der Waals surface area contributed by atoms with Crippen LogP contribution in [0, 0.1) is 5.82 Å². The molecule has 0 aromatic heterocycles. The van der Waals surface area contributed by atoms with Gasteiger partial charge in [-0.05, 0) is 32.8 Å². The maximum absolute atomic E-state index is 13.7. The average Bonchev–Trinajstić information content (AvgIpc) is 2.48. The van der Waals surface area contributed by atoms with Gasteiger partial charge in [-0.3, -0.25) is 0 Å². The summed E-state index contributed by atoms with van der Waals surface area (Å²) < 4.78 is 18.7. The van der Waals surface area contributed by atoms with E-state index in [0.717, 1.165) is 12.8 Å². The van der Waals surface area contributed by atoms with Crippen LogP contribution in [-0.2, 0) is 4.74 Å². The first kappa shape index (κ1) is 15.8. The van der Waals surface area contributed by atoms with Crippen molar-refractivity contribution in [3.8, 4) is 0 Å². The van der Waals surface area contributed by atoms with E-state index in [4.69, 9.17) is 4.74 Å². The van der Waals surface area contributed by atoms with Crippen LogP contribution in [0.2, 0.25) is 0 Å². The fourth-order valence-electron chi connectivity index (χ4n) is 2.71. The molecule has 1 aromatic rings. The number of likely N-dealkylation sites (tertiary alicyclic amines) is 1. The summed E-state index contributed by atoms with van der Waals surface area (Å²) in [5, 5.41) is 3.45. The molecule has 1 heterocycles. The van der Waals surface area contributed by atoms with E-state index in [1.165, 1.54) is 6.07 Å². The Hall–Kier alpha value is -1.62. The number of carbonyl (C=O) groups is 1. The molecule has 2 rings (SSSR count). The van der Waals surface area contributed by atoms with E-state index in [1.54, 1.807) is 17.0 Å². The van der Waals surface area contributed by atoms with Crippen LogP contribution in [0.3, 0.4) is 0 Å². The molecule has 0 aliphatic carbocycles. The predicted molar refractivity (Wildman–Crippen MR) is 79.6 cm³/mol. The van der Waals surface area contributed by atoms with Crippen LogP contribution < -0.4 is 5.32 Å². The molecule has 116 valence electrons. The number of nitrogens with zero attached hydrogens (tertiary/aromatic N) is 1. The summed E-state index contributed by atoms with van der Waals surface area (Å²) in [7, 11) is 0. The molecular formula is C16H23FN2O2. The standard InChI is InChI=1S/C16H23FN2O2/c1-3-21-16(20)19-10-8-13(9-11-19)18-12(2)14-6-4-5-7-15(14)17/h4-7,12-13,18H,3,8-11H2,1-2H3. The summed E-state index contributed by atoms with van der Waals surface area (Å²) in [5.41, 5.74) is 0.685. The van der Waals surface area contributed by atoms with Crippen molar-refractivity contribution in [2.45, 2.75) is 38.8 Å². The lowest BCUT2D eigenvalue weighted by Gasteiger charge is -2.33. The molecule has 0 spiro atoms. The normalized spacial score (nSPS) is 17.6. The van der Waals surface area contributed by atoms with E-state index in [9.17, 15) is 9.18 Å². The third-order valence-electron chi connectivity index (χ3n) is 3.88. The molecule has 1 aromatic carbocycles. The van der Waals surface area contributed by atoms with Crippen molar-refractivity contribution in [2.24, 2.45) is 0 Å². The molecule has 21 heavy (non-hydrogen) atoms. The zero-order valence-corrected chi connectivity index (χ0v) is 12.6. The molecule has 1 atom stereocenters. The van der Waals surface area contributed by atoms with Gasteiger partial charge in [-0.25, -0.2) is 9.18 Å². The van der Waals surface area contributed by atoms with Crippen molar-refractivity contribution >= 4 is 6.09 Å². The lowest BCUT2D eigenvalue weighted by molar-refractivity contribution is 0.0943. The molecule has 1 fully saturated rings. The van der Waals surface area contributed by atoms with E-state index in [-0.39, 0.29) is 18.0 Å². The van der Waals surface area contributed by atoms with Crippen molar-refractivity contribution in [2.75, 3.05) is 19.7 Å². The topological polar surface area (TPSA) is 41.6 Å². The number of amides is 1. The van der Waals surface area contributed by atoms with E-state index in [2.05, 4.69) is 5.32 Å². The number of hydrogen-bond acceptors (Lipinski definition) is 3. The summed E-state index contributed by atoms with van der Waals surface area (Å²) in [5.74, 6) is -0.179. The van der Waals surface area contributed by atoms with Crippen molar-refractivity contribution in [3.63, 3.8) is 0 Å². The number of halogens is 1. The third-order valence-corrected chi connectivity index (χ3v) is 3.88. The van der Waals surface area contributed by atoms with Crippen molar-refractivity contribution < 1.29 is 13.9 Å². The summed E-state index contributed by atoms with van der Waals surface area (Å²) in [4.78, 5) is 13.4. The molecule has 0 bridgehead atoms. The first-order chi connectivity index (χ1) is 10.1. The number of piperidine rings is 1. The highest BCUT2D eigenvalue weighted by Gasteiger charge is 2.24. The maximum Gasteiger partial charge on any atom is 0.409 e. The van der Waals surface area contributed by atoms with Crippen LogP contribution >= 0.6 is 0 Å². The highest BCUT2D eigenvalue weighted by molar-refractivity contribution is 5.67. The lowest BCUT2D eigenvalue weighted by atomic mass is 10.0. The highest BCUT2D eigenvalue weighted by atomic mass is 19.1. The molecule has 1 amide bonds. The molecule has 5 heteroatoms. The van der Waals surface area contributed by atoms with Gasteiger partial charge in [0.05, 0.1) is 6.61 Å². The molecule has 1 aliphatic heterocycles. The van der Waals surface area contributed by atoms with Gasteiger partial charge in [0.15, 0.2) is 0 Å². The van der Waals surface area contributed by atoms with Gasteiger partial charge in [-0.1, -0.05) is 18.2 Å². The first-order valence-corrected chi connectivity index (χ1v) is 7.54. The van der Waals surface area contributed by atoms with Crippen LogP contribution in [0.25, 0.3) is 0 Å². The number of nitrogens with one attached hydrogen (secondary N) is 1. The van der Waals surface area contributed by atoms with Crippen molar-refractivity contribution in [3.05, 3.63) is 35.6 Å². The number of carbonyl (C=O) groups excluding carboxylic acids is 1. The number of hydrogen-bond donors (Lipinski definition) is 1. The Morgan fingerprint density at radius 3 is 2.71 bits per heavy atom. The Bertz CT molecular complexity index is 473. The minimum atomic E-state index is -0.238. The predicted octanol–water partition coefficient (Wildman–Crippen LogP) is 3.10. The molecular weight excluding hydrogens is 271 g/mol. The number of rotatable bonds is 4. The fourth-order valence-corrected chi connectivity index (χ4v) is 2.71. The smallest absolute Gasteiger partial charge is 0.409 e. The average molecular weight is 294 g/mol. The Morgan fingerprint density at radius 1 is 1.43 bits per heavy atom. The maximum atomic E-state index is 13.7. The van der Waals surface area contributed by atoms with Crippen LogP contribution in [0.4, 0.5) is 9.18 Å². The second-order valence-corrected chi connectivity index (χ2v) is 5.37. The van der Waals surface area contributed by atoms with Crippen LogP contribution in [0.5, 0.6) is 0 Å². The van der Waals surface area contributed by atoms with Gasteiger partial charge in [0.2, 0.25) is 0 Å². The Morgan fingerprint density at radius 2 is 2.10 bits per heavy atom. The number of ether oxygens (including phenoxy) is 1. The fraction of sp³-hybridized carbons (Fsp3) is 0.562. The van der Waals surface area contributed by atoms with Gasteiger partial charge in [0.25, 0.3) is 0 Å². The molecule has 1 unspecified atom stereocenters. The summed E-state index contributed by atoms with van der Waals surface area (Å²) in [6, 6.07) is 7.09. The quantitative estimate of drug-likeness (QED) is 0.928. The van der Waals surface area contributed by atoms with Gasteiger partial charge in [-0.2, -0.15) is 0 Å². The minimum absolute atomic E-state index is 0.0367. The third kappa shape index (κ3) is 4.17. The zero-order chi connectivity index (χ0) is 15.2. The lowest BCUT2D eigenvalue weighted by Crippen LogP contribution is -2.45. The van der Waals surface area contributed by atoms with Gasteiger partial charge >= 0.3 is 6.09 Å². The molecule has 1 saturated heterocycles. The minimum Gasteiger partial charge on any atom is -0.450 e. The van der Waals surface area contributed by atoms with Crippen LogP contribution in [0.1, 0.15) is 38.3 Å². The molecule has 0 radical (unpaired) electrons. The van der Waals surface area contributed by atoms with Gasteiger partial charge in [0.1, 0.15) is 5.82 Å². The molecule has 0 saturated carbocycles. The summed E-state index contributed by atoms with van der Waals surface area (Å²) >= 11 is 0. The SMILES string of the molecule is CCOC(=O)N1CCC(NC(C)c2ccccc2F)CC1. The van der Waals surface area contributed by atoms with Crippen molar-refractivity contribution in [1.29, 1.82) is 0 Å². The van der Waals surface area contributed by atoms with Gasteiger partial charge < -0.3 is 15.0 Å². The summed E-state index contributed by atoms with van der Waals surface area (Å²) in [6.07, 6.45) is 1.48. The molecule has 1 N–H and O–H groups in total. The second kappa shape index (κ2) is 7.41. The second-order valence-electron chi connectivity index (χ2n) is 5.37. The molecule has 4 nitrogen and oxygen atoms in total. The Labute approximate surface area is 125 Å². The van der Waals surface area contributed by atoms with E-state index < -0.39 is 0 Å².